The summed E-state index contributed by atoms with van der Waals surface area (Å²) in [5.74, 6) is -0.0839. The lowest BCUT2D eigenvalue weighted by Crippen LogP contribution is -2.03. The van der Waals surface area contributed by atoms with Crippen LogP contribution in [0.4, 0.5) is 0 Å². The number of carbonyl (C=O) groups is 1. The lowest BCUT2D eigenvalue weighted by atomic mass is 10.2. The molecule has 0 aromatic heterocycles. The number of carbonyl (C=O) groups excluding carboxylic acids is 1. The first-order valence-corrected chi connectivity index (χ1v) is 6.21. The van der Waals surface area contributed by atoms with E-state index in [1.54, 1.807) is 54.6 Å². The molecule has 2 aromatic rings. The molecular weight excluding hydrogens is 274 g/mol. The Balaban J connectivity index is 1.98. The van der Waals surface area contributed by atoms with Crippen molar-refractivity contribution < 1.29 is 9.53 Å². The molecule has 4 heteroatoms. The van der Waals surface area contributed by atoms with Gasteiger partial charge in [-0.3, -0.25) is 0 Å². The average molecular weight is 284 g/mol. The predicted molar refractivity (Wildman–Crippen MR) is 77.3 cm³/mol. The Kier molecular flexibility index (Phi) is 4.54. The van der Waals surface area contributed by atoms with Crippen molar-refractivity contribution in [3.63, 3.8) is 0 Å². The zero-order valence-electron chi connectivity index (χ0n) is 10.4. The number of benzene rings is 2. The second-order valence-corrected chi connectivity index (χ2v) is 4.38. The van der Waals surface area contributed by atoms with E-state index in [1.165, 1.54) is 6.08 Å². The number of rotatable bonds is 3. The highest BCUT2D eigenvalue weighted by Crippen LogP contribution is 2.13. The predicted octanol–water partition coefficient (Wildman–Crippen LogP) is 3.83. The molecule has 2 aromatic carbocycles. The van der Waals surface area contributed by atoms with E-state index in [2.05, 4.69) is 0 Å². The van der Waals surface area contributed by atoms with Crippen LogP contribution < -0.4 is 4.74 Å². The number of esters is 1. The Hall–Kier alpha value is -2.57. The zero-order chi connectivity index (χ0) is 14.4. The van der Waals surface area contributed by atoms with E-state index in [0.29, 0.717) is 16.3 Å². The van der Waals surface area contributed by atoms with Gasteiger partial charge in [0.25, 0.3) is 0 Å². The molecule has 0 aliphatic carbocycles. The number of halogens is 1. The van der Waals surface area contributed by atoms with Gasteiger partial charge in [-0.2, -0.15) is 5.26 Å². The molecule has 2 rings (SSSR count). The molecule has 0 amide bonds. The van der Waals surface area contributed by atoms with Gasteiger partial charge in [0.05, 0.1) is 11.6 Å². The van der Waals surface area contributed by atoms with Crippen LogP contribution in [0.2, 0.25) is 5.02 Å². The van der Waals surface area contributed by atoms with Gasteiger partial charge in [0.2, 0.25) is 0 Å². The normalized spacial score (nSPS) is 10.2. The van der Waals surface area contributed by atoms with Gasteiger partial charge in [-0.05, 0) is 48.0 Å². The lowest BCUT2D eigenvalue weighted by Gasteiger charge is -2.00. The van der Waals surface area contributed by atoms with Crippen molar-refractivity contribution in [2.45, 2.75) is 0 Å². The molecule has 0 heterocycles. The van der Waals surface area contributed by atoms with Crippen molar-refractivity contribution >= 4 is 23.6 Å². The largest absolute Gasteiger partial charge is 0.423 e. The van der Waals surface area contributed by atoms with Gasteiger partial charge >= 0.3 is 5.97 Å². The first-order chi connectivity index (χ1) is 9.67. The van der Waals surface area contributed by atoms with E-state index in [0.717, 1.165) is 5.56 Å². The summed E-state index contributed by atoms with van der Waals surface area (Å²) in [5.41, 5.74) is 1.37. The monoisotopic (exact) mass is 283 g/mol. The first kappa shape index (κ1) is 13.9. The number of hydrogen-bond donors (Lipinski definition) is 0. The number of hydrogen-bond acceptors (Lipinski definition) is 3. The fraction of sp³-hybridized carbons (Fsp3) is 0. The van der Waals surface area contributed by atoms with Crippen LogP contribution in [0.25, 0.3) is 6.08 Å². The van der Waals surface area contributed by atoms with E-state index in [-0.39, 0.29) is 0 Å². The topological polar surface area (TPSA) is 50.1 Å². The summed E-state index contributed by atoms with van der Waals surface area (Å²) in [6, 6.07) is 15.4. The van der Waals surface area contributed by atoms with Crippen LogP contribution in [-0.4, -0.2) is 5.97 Å². The molecule has 3 nitrogen and oxygen atoms in total. The van der Waals surface area contributed by atoms with Gasteiger partial charge in [-0.1, -0.05) is 23.7 Å². The molecule has 0 spiro atoms. The highest BCUT2D eigenvalue weighted by molar-refractivity contribution is 6.30. The van der Waals surface area contributed by atoms with Crippen molar-refractivity contribution in [3.05, 3.63) is 70.8 Å². The molecule has 0 N–H and O–H groups in total. The number of ether oxygens (including phenoxy) is 1. The van der Waals surface area contributed by atoms with Gasteiger partial charge in [0.1, 0.15) is 5.75 Å². The molecule has 0 atom stereocenters. The molecule has 0 saturated heterocycles. The van der Waals surface area contributed by atoms with Gasteiger partial charge in [0, 0.05) is 11.1 Å². The SMILES string of the molecule is N#Cc1ccc(OC(=O)/C=C/c2ccc(Cl)cc2)cc1. The molecule has 98 valence electrons. The zero-order valence-corrected chi connectivity index (χ0v) is 11.2. The average Bonchev–Trinajstić information content (AvgIpc) is 2.47. The minimum absolute atomic E-state index is 0.398. The number of nitrogens with zero attached hydrogens (tertiary/aromatic N) is 1. The molecular formula is C16H10ClNO2. The highest BCUT2D eigenvalue weighted by atomic mass is 35.5. The van der Waals surface area contributed by atoms with Crippen molar-refractivity contribution in [1.82, 2.24) is 0 Å². The van der Waals surface area contributed by atoms with Crippen molar-refractivity contribution in [3.8, 4) is 11.8 Å². The maximum Gasteiger partial charge on any atom is 0.336 e. The molecule has 0 aliphatic rings. The molecule has 0 radical (unpaired) electrons. The van der Waals surface area contributed by atoms with Crippen LogP contribution in [0.15, 0.2) is 54.6 Å². The van der Waals surface area contributed by atoms with E-state index < -0.39 is 5.97 Å². The van der Waals surface area contributed by atoms with Gasteiger partial charge in [-0.15, -0.1) is 0 Å². The summed E-state index contributed by atoms with van der Waals surface area (Å²) < 4.78 is 5.10. The van der Waals surface area contributed by atoms with Gasteiger partial charge in [0.15, 0.2) is 0 Å². The lowest BCUT2D eigenvalue weighted by molar-refractivity contribution is -0.128. The highest BCUT2D eigenvalue weighted by Gasteiger charge is 2.00. The maximum absolute atomic E-state index is 11.6. The van der Waals surface area contributed by atoms with E-state index in [9.17, 15) is 4.79 Å². The third kappa shape index (κ3) is 3.98. The Morgan fingerprint density at radius 1 is 1.10 bits per heavy atom. The summed E-state index contributed by atoms with van der Waals surface area (Å²) in [6.45, 7) is 0. The van der Waals surface area contributed by atoms with Crippen LogP contribution in [-0.2, 0) is 4.79 Å². The standard InChI is InChI=1S/C16H10ClNO2/c17-14-6-1-12(2-7-14)5-10-16(19)20-15-8-3-13(11-18)4-9-15/h1-10H/b10-5+. The first-order valence-electron chi connectivity index (χ1n) is 5.83. The Labute approximate surface area is 121 Å². The molecule has 0 bridgehead atoms. The number of nitriles is 1. The third-order valence-electron chi connectivity index (χ3n) is 2.48. The van der Waals surface area contributed by atoms with E-state index in [4.69, 9.17) is 21.6 Å². The van der Waals surface area contributed by atoms with Crippen LogP contribution in [0, 0.1) is 11.3 Å². The minimum atomic E-state index is -0.482. The van der Waals surface area contributed by atoms with Crippen molar-refractivity contribution in [2.75, 3.05) is 0 Å². The van der Waals surface area contributed by atoms with E-state index >= 15 is 0 Å². The summed E-state index contributed by atoms with van der Waals surface area (Å²) in [5, 5.41) is 9.30. The molecule has 0 aliphatic heterocycles. The smallest absolute Gasteiger partial charge is 0.336 e. The van der Waals surface area contributed by atoms with Crippen LogP contribution in [0.1, 0.15) is 11.1 Å². The minimum Gasteiger partial charge on any atom is -0.423 e. The van der Waals surface area contributed by atoms with Crippen LogP contribution in [0.3, 0.4) is 0 Å². The fourth-order valence-corrected chi connectivity index (χ4v) is 1.61. The summed E-state index contributed by atoms with van der Waals surface area (Å²) >= 11 is 5.77. The molecule has 20 heavy (non-hydrogen) atoms. The van der Waals surface area contributed by atoms with Crippen LogP contribution >= 0.6 is 11.6 Å². The summed E-state index contributed by atoms with van der Waals surface area (Å²) in [7, 11) is 0. The second-order valence-electron chi connectivity index (χ2n) is 3.94. The Bertz CT molecular complexity index is 667. The Morgan fingerprint density at radius 2 is 1.75 bits per heavy atom. The van der Waals surface area contributed by atoms with Crippen LogP contribution in [0.5, 0.6) is 5.75 Å². The summed E-state index contributed by atoms with van der Waals surface area (Å²) in [4.78, 5) is 11.6. The molecule has 0 unspecified atom stereocenters. The van der Waals surface area contributed by atoms with Crippen molar-refractivity contribution in [1.29, 1.82) is 5.26 Å². The quantitative estimate of drug-likeness (QED) is 0.489. The summed E-state index contributed by atoms with van der Waals surface area (Å²) in [6.07, 6.45) is 2.98. The van der Waals surface area contributed by atoms with Gasteiger partial charge in [-0.25, -0.2) is 4.79 Å². The van der Waals surface area contributed by atoms with Gasteiger partial charge < -0.3 is 4.74 Å². The maximum atomic E-state index is 11.6. The third-order valence-corrected chi connectivity index (χ3v) is 2.74. The molecule has 0 fully saturated rings. The van der Waals surface area contributed by atoms with E-state index in [1.807, 2.05) is 6.07 Å². The fourth-order valence-electron chi connectivity index (χ4n) is 1.49. The second kappa shape index (κ2) is 6.55. The van der Waals surface area contributed by atoms with Crippen molar-refractivity contribution in [2.24, 2.45) is 0 Å². The molecule has 0 saturated carbocycles. The Morgan fingerprint density at radius 3 is 2.35 bits per heavy atom.